The normalized spacial score (nSPS) is 12.0. The van der Waals surface area contributed by atoms with Crippen LogP contribution in [0, 0.1) is 6.92 Å². The van der Waals surface area contributed by atoms with Gasteiger partial charge in [-0.3, -0.25) is 4.79 Å². The lowest BCUT2D eigenvalue weighted by Gasteiger charge is -2.05. The van der Waals surface area contributed by atoms with Gasteiger partial charge in [0.2, 0.25) is 4.96 Å². The molecule has 0 N–H and O–H groups in total. The van der Waals surface area contributed by atoms with Crippen molar-refractivity contribution in [3.05, 3.63) is 74.5 Å². The van der Waals surface area contributed by atoms with Crippen molar-refractivity contribution in [1.82, 2.24) is 14.6 Å². The first-order chi connectivity index (χ1) is 14.1. The Bertz CT molecular complexity index is 1210. The van der Waals surface area contributed by atoms with E-state index in [2.05, 4.69) is 17.0 Å². The monoisotopic (exact) mass is 405 g/mol. The van der Waals surface area contributed by atoms with Gasteiger partial charge in [-0.05, 0) is 49.2 Å². The topological polar surface area (TPSA) is 56.5 Å². The number of hydrogen-bond donors (Lipinski definition) is 0. The van der Waals surface area contributed by atoms with Crippen molar-refractivity contribution in [2.24, 2.45) is 0 Å². The molecule has 0 bridgehead atoms. The van der Waals surface area contributed by atoms with Gasteiger partial charge < -0.3 is 4.74 Å². The zero-order valence-corrected chi connectivity index (χ0v) is 17.4. The van der Waals surface area contributed by atoms with Crippen LogP contribution < -0.4 is 14.8 Å². The Morgan fingerprint density at radius 3 is 2.52 bits per heavy atom. The number of thiazole rings is 1. The minimum atomic E-state index is -0.139. The second-order valence-electron chi connectivity index (χ2n) is 7.04. The molecule has 148 valence electrons. The van der Waals surface area contributed by atoms with Crippen molar-refractivity contribution in [2.75, 3.05) is 6.61 Å². The molecule has 0 atom stereocenters. The minimum Gasteiger partial charge on any atom is -0.494 e. The maximum absolute atomic E-state index is 12.7. The average Bonchev–Trinajstić information content (AvgIpc) is 3.27. The quantitative estimate of drug-likeness (QED) is 0.432. The summed E-state index contributed by atoms with van der Waals surface area (Å²) >= 11 is 1.35. The van der Waals surface area contributed by atoms with E-state index in [9.17, 15) is 4.79 Å². The number of aromatic nitrogens is 3. The standard InChI is InChI=1S/C23H23N3O2S/c1-3-4-5-14-28-19-12-10-18(11-13-19)21-24-23-26(25-21)22(27)20(29-23)15-17-8-6-16(2)7-9-17/h6-13,15H,3-5,14H2,1-2H3/b20-15-. The molecule has 29 heavy (non-hydrogen) atoms. The minimum absolute atomic E-state index is 0.139. The summed E-state index contributed by atoms with van der Waals surface area (Å²) in [6, 6.07) is 15.8. The Kier molecular flexibility index (Phi) is 5.71. The maximum atomic E-state index is 12.7. The molecule has 5 nitrogen and oxygen atoms in total. The molecule has 4 aromatic rings. The molecule has 0 saturated heterocycles. The van der Waals surface area contributed by atoms with Crippen molar-refractivity contribution in [3.63, 3.8) is 0 Å². The Balaban J connectivity index is 1.55. The molecule has 0 unspecified atom stereocenters. The molecule has 0 amide bonds. The van der Waals surface area contributed by atoms with E-state index >= 15 is 0 Å². The fourth-order valence-electron chi connectivity index (χ4n) is 3.01. The largest absolute Gasteiger partial charge is 0.494 e. The molecule has 0 aliphatic heterocycles. The summed E-state index contributed by atoms with van der Waals surface area (Å²) in [4.78, 5) is 17.8. The highest BCUT2D eigenvalue weighted by Gasteiger charge is 2.12. The highest BCUT2D eigenvalue weighted by molar-refractivity contribution is 7.15. The molecule has 0 saturated carbocycles. The van der Waals surface area contributed by atoms with E-state index in [1.807, 2.05) is 61.5 Å². The van der Waals surface area contributed by atoms with Gasteiger partial charge in [-0.25, -0.2) is 0 Å². The lowest BCUT2D eigenvalue weighted by Crippen LogP contribution is -2.23. The summed E-state index contributed by atoms with van der Waals surface area (Å²) in [6.45, 7) is 4.94. The Hall–Kier alpha value is -2.99. The van der Waals surface area contributed by atoms with Crippen molar-refractivity contribution in [3.8, 4) is 17.1 Å². The number of ether oxygens (including phenoxy) is 1. The number of rotatable bonds is 7. The van der Waals surface area contributed by atoms with Crippen LogP contribution in [0.1, 0.15) is 37.3 Å². The molecule has 0 spiro atoms. The van der Waals surface area contributed by atoms with Gasteiger partial charge in [-0.2, -0.15) is 9.50 Å². The van der Waals surface area contributed by atoms with E-state index in [1.165, 1.54) is 34.3 Å². The van der Waals surface area contributed by atoms with Crippen LogP contribution in [0.5, 0.6) is 5.75 Å². The van der Waals surface area contributed by atoms with Gasteiger partial charge in [0.05, 0.1) is 11.1 Å². The second-order valence-corrected chi connectivity index (χ2v) is 8.05. The van der Waals surface area contributed by atoms with Gasteiger partial charge in [0.25, 0.3) is 5.56 Å². The third kappa shape index (κ3) is 4.38. The van der Waals surface area contributed by atoms with Gasteiger partial charge in [0, 0.05) is 5.56 Å². The Labute approximate surface area is 173 Å². The molecule has 0 fully saturated rings. The zero-order chi connectivity index (χ0) is 20.2. The molecule has 0 aliphatic rings. The zero-order valence-electron chi connectivity index (χ0n) is 16.6. The highest BCUT2D eigenvalue weighted by Crippen LogP contribution is 2.20. The number of unbranched alkanes of at least 4 members (excludes halogenated alkanes) is 2. The van der Waals surface area contributed by atoms with E-state index in [1.54, 1.807) is 0 Å². The lowest BCUT2D eigenvalue weighted by atomic mass is 10.1. The first kappa shape index (κ1) is 19.3. The SMILES string of the molecule is CCCCCOc1ccc(-c2nc3s/c(=C\c4ccc(C)cc4)c(=O)n3n2)cc1. The maximum Gasteiger partial charge on any atom is 0.291 e. The molecule has 2 aromatic carbocycles. The summed E-state index contributed by atoms with van der Waals surface area (Å²) in [6.07, 6.45) is 5.30. The number of nitrogens with zero attached hydrogens (tertiary/aromatic N) is 3. The molecule has 4 rings (SSSR count). The molecule has 2 heterocycles. The van der Waals surface area contributed by atoms with Crippen LogP contribution in [0.4, 0.5) is 0 Å². The fourth-order valence-corrected chi connectivity index (χ4v) is 3.92. The van der Waals surface area contributed by atoms with Crippen molar-refractivity contribution in [2.45, 2.75) is 33.1 Å². The van der Waals surface area contributed by atoms with Gasteiger partial charge in [-0.15, -0.1) is 5.10 Å². The van der Waals surface area contributed by atoms with Crippen LogP contribution in [-0.2, 0) is 0 Å². The molecular formula is C23H23N3O2S. The van der Waals surface area contributed by atoms with E-state index < -0.39 is 0 Å². The molecular weight excluding hydrogens is 382 g/mol. The number of hydrogen-bond acceptors (Lipinski definition) is 5. The van der Waals surface area contributed by atoms with Gasteiger partial charge in [0.15, 0.2) is 5.82 Å². The lowest BCUT2D eigenvalue weighted by molar-refractivity contribution is 0.306. The molecule has 0 aliphatic carbocycles. The van der Waals surface area contributed by atoms with Crippen molar-refractivity contribution < 1.29 is 4.74 Å². The summed E-state index contributed by atoms with van der Waals surface area (Å²) in [5.74, 6) is 1.39. The predicted molar refractivity (Wildman–Crippen MR) is 118 cm³/mol. The number of aryl methyl sites for hydroxylation is 1. The Morgan fingerprint density at radius 1 is 1.07 bits per heavy atom. The highest BCUT2D eigenvalue weighted by atomic mass is 32.1. The van der Waals surface area contributed by atoms with Crippen LogP contribution >= 0.6 is 11.3 Å². The first-order valence-electron chi connectivity index (χ1n) is 9.85. The van der Waals surface area contributed by atoms with Crippen LogP contribution in [0.3, 0.4) is 0 Å². The molecule has 2 aromatic heterocycles. The first-order valence-corrected chi connectivity index (χ1v) is 10.7. The van der Waals surface area contributed by atoms with Crippen LogP contribution in [-0.4, -0.2) is 21.2 Å². The van der Waals surface area contributed by atoms with E-state index in [0.717, 1.165) is 29.9 Å². The van der Waals surface area contributed by atoms with Gasteiger partial charge in [0.1, 0.15) is 5.75 Å². The third-order valence-corrected chi connectivity index (χ3v) is 5.65. The summed E-state index contributed by atoms with van der Waals surface area (Å²) in [7, 11) is 0. The molecule has 0 radical (unpaired) electrons. The van der Waals surface area contributed by atoms with E-state index in [-0.39, 0.29) is 5.56 Å². The average molecular weight is 406 g/mol. The van der Waals surface area contributed by atoms with Gasteiger partial charge >= 0.3 is 0 Å². The van der Waals surface area contributed by atoms with Crippen LogP contribution in [0.2, 0.25) is 0 Å². The molecule has 6 heteroatoms. The second kappa shape index (κ2) is 8.57. The van der Waals surface area contributed by atoms with Crippen molar-refractivity contribution >= 4 is 22.4 Å². The van der Waals surface area contributed by atoms with Crippen LogP contribution in [0.25, 0.3) is 22.4 Å². The van der Waals surface area contributed by atoms with Crippen LogP contribution in [0.15, 0.2) is 53.3 Å². The summed E-state index contributed by atoms with van der Waals surface area (Å²) < 4.78 is 7.76. The van der Waals surface area contributed by atoms with Crippen molar-refractivity contribution in [1.29, 1.82) is 0 Å². The Morgan fingerprint density at radius 2 is 1.83 bits per heavy atom. The smallest absolute Gasteiger partial charge is 0.291 e. The fraction of sp³-hybridized carbons (Fsp3) is 0.261. The third-order valence-electron chi connectivity index (χ3n) is 4.69. The van der Waals surface area contributed by atoms with E-state index in [0.29, 0.717) is 15.3 Å². The number of fused-ring (bicyclic) bond motifs is 1. The summed E-state index contributed by atoms with van der Waals surface area (Å²) in [5, 5.41) is 4.42. The predicted octanol–water partition coefficient (Wildman–Crippen LogP) is 4.24. The summed E-state index contributed by atoms with van der Waals surface area (Å²) in [5.41, 5.74) is 2.91. The van der Waals surface area contributed by atoms with Gasteiger partial charge in [-0.1, -0.05) is 60.9 Å². The number of benzene rings is 2. The van der Waals surface area contributed by atoms with E-state index in [4.69, 9.17) is 4.74 Å².